The number of carbonyl (C=O) groups is 1. The molecule has 1 fully saturated rings. The van der Waals surface area contributed by atoms with Crippen LogP contribution in [0.4, 0.5) is 0 Å². The van der Waals surface area contributed by atoms with E-state index in [9.17, 15) is 4.79 Å². The molecule has 2 rings (SSSR count). The van der Waals surface area contributed by atoms with Crippen LogP contribution in [0.5, 0.6) is 5.75 Å². The molecule has 0 atom stereocenters. The van der Waals surface area contributed by atoms with Crippen molar-refractivity contribution in [3.05, 3.63) is 29.8 Å². The number of carbonyl (C=O) groups excluding carboxylic acids is 1. The van der Waals surface area contributed by atoms with Crippen molar-refractivity contribution in [3.8, 4) is 5.75 Å². The van der Waals surface area contributed by atoms with Crippen LogP contribution in [0.3, 0.4) is 0 Å². The van der Waals surface area contributed by atoms with Crippen molar-refractivity contribution in [2.45, 2.75) is 39.2 Å². The number of hydrogen-bond donors (Lipinski definition) is 2. The first-order valence-electron chi connectivity index (χ1n) is 7.71. The Morgan fingerprint density at radius 1 is 1.43 bits per heavy atom. The van der Waals surface area contributed by atoms with E-state index in [0.717, 1.165) is 37.0 Å². The SMILES string of the molecule is COc1cccc(CNC(=O)C2(CN)CCC(C)CC2)c1. The lowest BCUT2D eigenvalue weighted by atomic mass is 9.70. The molecule has 0 radical (unpaired) electrons. The standard InChI is InChI=1S/C17H26N2O2/c1-13-6-8-17(12-18,9-7-13)16(20)19-11-14-4-3-5-15(10-14)21-2/h3-5,10,13H,6-9,11-12,18H2,1-2H3,(H,19,20). The second-order valence-electron chi connectivity index (χ2n) is 6.20. The fourth-order valence-electron chi connectivity index (χ4n) is 2.99. The van der Waals surface area contributed by atoms with Gasteiger partial charge < -0.3 is 15.8 Å². The minimum absolute atomic E-state index is 0.0970. The van der Waals surface area contributed by atoms with Gasteiger partial charge in [-0.2, -0.15) is 0 Å². The molecule has 0 aliphatic heterocycles. The third kappa shape index (κ3) is 3.76. The largest absolute Gasteiger partial charge is 0.497 e. The zero-order valence-electron chi connectivity index (χ0n) is 13.0. The number of rotatable bonds is 5. The van der Waals surface area contributed by atoms with Gasteiger partial charge >= 0.3 is 0 Å². The molecular weight excluding hydrogens is 264 g/mol. The van der Waals surface area contributed by atoms with E-state index in [-0.39, 0.29) is 11.3 Å². The lowest BCUT2D eigenvalue weighted by molar-refractivity contribution is -0.133. The molecule has 1 saturated carbocycles. The van der Waals surface area contributed by atoms with Crippen molar-refractivity contribution in [2.24, 2.45) is 17.1 Å². The number of methoxy groups -OCH3 is 1. The highest BCUT2D eigenvalue weighted by atomic mass is 16.5. The van der Waals surface area contributed by atoms with Crippen molar-refractivity contribution in [1.82, 2.24) is 5.32 Å². The van der Waals surface area contributed by atoms with Crippen molar-refractivity contribution in [1.29, 1.82) is 0 Å². The van der Waals surface area contributed by atoms with Crippen molar-refractivity contribution >= 4 is 5.91 Å². The van der Waals surface area contributed by atoms with Gasteiger partial charge in [0.25, 0.3) is 0 Å². The summed E-state index contributed by atoms with van der Waals surface area (Å²) in [4.78, 5) is 12.6. The maximum absolute atomic E-state index is 12.6. The van der Waals surface area contributed by atoms with Crippen LogP contribution in [0.2, 0.25) is 0 Å². The summed E-state index contributed by atoms with van der Waals surface area (Å²) in [6.45, 7) is 3.20. The Labute approximate surface area is 127 Å². The maximum Gasteiger partial charge on any atom is 0.227 e. The highest BCUT2D eigenvalue weighted by Crippen LogP contribution is 2.38. The number of nitrogens with one attached hydrogen (secondary N) is 1. The lowest BCUT2D eigenvalue weighted by Gasteiger charge is -2.37. The van der Waals surface area contributed by atoms with Crippen LogP contribution in [-0.2, 0) is 11.3 Å². The molecular formula is C17H26N2O2. The van der Waals surface area contributed by atoms with E-state index in [0.29, 0.717) is 19.0 Å². The number of hydrogen-bond acceptors (Lipinski definition) is 3. The normalized spacial score (nSPS) is 25.4. The zero-order valence-corrected chi connectivity index (χ0v) is 13.0. The molecule has 1 amide bonds. The Hall–Kier alpha value is -1.55. The van der Waals surface area contributed by atoms with E-state index in [2.05, 4.69) is 12.2 Å². The molecule has 0 heterocycles. The Kier molecular flexibility index (Phi) is 5.23. The van der Waals surface area contributed by atoms with Crippen LogP contribution in [0.25, 0.3) is 0 Å². The molecule has 1 aliphatic carbocycles. The molecule has 4 heteroatoms. The van der Waals surface area contributed by atoms with Crippen LogP contribution in [0.15, 0.2) is 24.3 Å². The van der Waals surface area contributed by atoms with Crippen LogP contribution in [-0.4, -0.2) is 19.6 Å². The molecule has 1 aliphatic rings. The molecule has 1 aromatic carbocycles. The highest BCUT2D eigenvalue weighted by Gasteiger charge is 2.39. The third-order valence-electron chi connectivity index (χ3n) is 4.69. The monoisotopic (exact) mass is 290 g/mol. The summed E-state index contributed by atoms with van der Waals surface area (Å²) in [6, 6.07) is 7.76. The Balaban J connectivity index is 1.96. The number of amides is 1. The summed E-state index contributed by atoms with van der Waals surface area (Å²) >= 11 is 0. The van der Waals surface area contributed by atoms with Crippen LogP contribution < -0.4 is 15.8 Å². The fourth-order valence-corrected chi connectivity index (χ4v) is 2.99. The molecule has 0 aromatic heterocycles. The van der Waals surface area contributed by atoms with Gasteiger partial charge in [0, 0.05) is 13.1 Å². The third-order valence-corrected chi connectivity index (χ3v) is 4.69. The molecule has 116 valence electrons. The summed E-state index contributed by atoms with van der Waals surface area (Å²) < 4.78 is 5.20. The fraction of sp³-hybridized carbons (Fsp3) is 0.588. The zero-order chi connectivity index (χ0) is 15.3. The van der Waals surface area contributed by atoms with E-state index in [1.807, 2.05) is 24.3 Å². The summed E-state index contributed by atoms with van der Waals surface area (Å²) in [6.07, 6.45) is 3.97. The summed E-state index contributed by atoms with van der Waals surface area (Å²) in [5.41, 5.74) is 6.59. The van der Waals surface area contributed by atoms with Gasteiger partial charge in [-0.25, -0.2) is 0 Å². The first-order chi connectivity index (χ1) is 10.1. The summed E-state index contributed by atoms with van der Waals surface area (Å²) in [7, 11) is 1.64. The van der Waals surface area contributed by atoms with Gasteiger partial charge in [-0.15, -0.1) is 0 Å². The van der Waals surface area contributed by atoms with E-state index in [1.54, 1.807) is 7.11 Å². The van der Waals surface area contributed by atoms with Gasteiger partial charge in [-0.3, -0.25) is 4.79 Å². The molecule has 0 bridgehead atoms. The average molecular weight is 290 g/mol. The van der Waals surface area contributed by atoms with E-state index in [1.165, 1.54) is 0 Å². The van der Waals surface area contributed by atoms with E-state index >= 15 is 0 Å². The van der Waals surface area contributed by atoms with Crippen LogP contribution in [0, 0.1) is 11.3 Å². The van der Waals surface area contributed by atoms with Gasteiger partial charge in [0.05, 0.1) is 12.5 Å². The van der Waals surface area contributed by atoms with Crippen molar-refractivity contribution < 1.29 is 9.53 Å². The first kappa shape index (κ1) is 15.8. The molecule has 0 saturated heterocycles. The topological polar surface area (TPSA) is 64.3 Å². The molecule has 21 heavy (non-hydrogen) atoms. The van der Waals surface area contributed by atoms with Gasteiger partial charge in [-0.05, 0) is 49.3 Å². The maximum atomic E-state index is 12.6. The van der Waals surface area contributed by atoms with Gasteiger partial charge in [0.2, 0.25) is 5.91 Å². The van der Waals surface area contributed by atoms with Gasteiger partial charge in [0.1, 0.15) is 5.75 Å². The second-order valence-corrected chi connectivity index (χ2v) is 6.20. The predicted molar refractivity (Wildman–Crippen MR) is 84.0 cm³/mol. The molecule has 0 unspecified atom stereocenters. The van der Waals surface area contributed by atoms with Gasteiger partial charge in [-0.1, -0.05) is 19.1 Å². The Morgan fingerprint density at radius 3 is 2.76 bits per heavy atom. The van der Waals surface area contributed by atoms with E-state index < -0.39 is 0 Å². The van der Waals surface area contributed by atoms with E-state index in [4.69, 9.17) is 10.5 Å². The predicted octanol–water partition coefficient (Wildman–Crippen LogP) is 2.47. The van der Waals surface area contributed by atoms with Gasteiger partial charge in [0.15, 0.2) is 0 Å². The lowest BCUT2D eigenvalue weighted by Crippen LogP contribution is -2.47. The average Bonchev–Trinajstić information content (AvgIpc) is 2.54. The summed E-state index contributed by atoms with van der Waals surface area (Å²) in [5.74, 6) is 1.61. The summed E-state index contributed by atoms with van der Waals surface area (Å²) in [5, 5.41) is 3.05. The highest BCUT2D eigenvalue weighted by molar-refractivity contribution is 5.83. The van der Waals surface area contributed by atoms with Crippen molar-refractivity contribution in [2.75, 3.05) is 13.7 Å². The van der Waals surface area contributed by atoms with Crippen molar-refractivity contribution in [3.63, 3.8) is 0 Å². The molecule has 4 nitrogen and oxygen atoms in total. The first-order valence-corrected chi connectivity index (χ1v) is 7.71. The minimum atomic E-state index is -0.370. The number of benzene rings is 1. The second kappa shape index (κ2) is 6.94. The smallest absolute Gasteiger partial charge is 0.227 e. The van der Waals surface area contributed by atoms with Crippen LogP contribution in [0.1, 0.15) is 38.2 Å². The van der Waals surface area contributed by atoms with Crippen LogP contribution >= 0.6 is 0 Å². The quantitative estimate of drug-likeness (QED) is 0.875. The number of ether oxygens (including phenoxy) is 1. The molecule has 1 aromatic rings. The Morgan fingerprint density at radius 2 is 2.14 bits per heavy atom. The Bertz CT molecular complexity index is 479. The molecule has 3 N–H and O–H groups in total. The minimum Gasteiger partial charge on any atom is -0.497 e. The molecule has 0 spiro atoms. The number of nitrogens with two attached hydrogens (primary N) is 1.